The van der Waals surface area contributed by atoms with Gasteiger partial charge in [0, 0.05) is 6.66 Å². The fourth-order valence-corrected chi connectivity index (χ4v) is 0. The van der Waals surface area contributed by atoms with Crippen molar-refractivity contribution < 1.29 is 9.46 Å². The minimum atomic E-state index is -3.07. The monoisotopic (exact) mass is 137 g/mol. The Bertz CT molecular complexity index is 120. The van der Waals surface area contributed by atoms with E-state index >= 15 is 0 Å². The molecule has 0 aliphatic carbocycles. The van der Waals surface area contributed by atoms with Crippen LogP contribution in [-0.4, -0.2) is 16.8 Å². The fraction of sp³-hybridized carbons (Fsp3) is 1.00. The maximum Gasteiger partial charge on any atom is 0.216 e. The summed E-state index contributed by atoms with van der Waals surface area (Å²) >= 11 is 0. The van der Waals surface area contributed by atoms with Crippen molar-refractivity contribution >= 4 is 7.37 Å². The standard InChI is InChI=1S/C4H12NO2P/c1-4(2,5)8(3,6)7/h5H2,1-3H3,(H,6,7). The van der Waals surface area contributed by atoms with Crippen molar-refractivity contribution in [2.45, 2.75) is 19.1 Å². The molecule has 3 N–H and O–H groups in total. The predicted molar refractivity (Wildman–Crippen MR) is 34.0 cm³/mol. The molecule has 3 nitrogen and oxygen atoms in total. The first-order valence-corrected chi connectivity index (χ1v) is 4.45. The maximum atomic E-state index is 10.7. The van der Waals surface area contributed by atoms with E-state index in [0.29, 0.717) is 0 Å². The summed E-state index contributed by atoms with van der Waals surface area (Å²) in [5.74, 6) is 0. The summed E-state index contributed by atoms with van der Waals surface area (Å²) in [4.78, 5) is 8.78. The highest BCUT2D eigenvalue weighted by Gasteiger charge is 2.29. The van der Waals surface area contributed by atoms with Crippen LogP contribution in [0.25, 0.3) is 0 Å². The van der Waals surface area contributed by atoms with E-state index in [-0.39, 0.29) is 0 Å². The summed E-state index contributed by atoms with van der Waals surface area (Å²) in [6.07, 6.45) is 0. The van der Waals surface area contributed by atoms with Crippen LogP contribution in [0.3, 0.4) is 0 Å². The van der Waals surface area contributed by atoms with Gasteiger partial charge in [-0.2, -0.15) is 0 Å². The zero-order valence-electron chi connectivity index (χ0n) is 5.38. The van der Waals surface area contributed by atoms with Gasteiger partial charge in [-0.3, -0.25) is 4.57 Å². The second-order valence-corrected chi connectivity index (χ2v) is 5.44. The molecule has 0 aliphatic rings. The SMILES string of the molecule is CC(C)(N)P(C)(=O)O. The van der Waals surface area contributed by atoms with Crippen LogP contribution in [0.1, 0.15) is 13.8 Å². The van der Waals surface area contributed by atoms with Gasteiger partial charge in [0.15, 0.2) is 0 Å². The Labute approximate surface area is 49.3 Å². The Morgan fingerprint density at radius 3 is 1.75 bits per heavy atom. The second kappa shape index (κ2) is 1.83. The normalized spacial score (nSPS) is 20.1. The van der Waals surface area contributed by atoms with Crippen LogP contribution in [0, 0.1) is 0 Å². The van der Waals surface area contributed by atoms with Gasteiger partial charge in [-0.25, -0.2) is 0 Å². The van der Waals surface area contributed by atoms with Crippen LogP contribution < -0.4 is 5.73 Å². The first kappa shape index (κ1) is 8.15. The molecule has 0 heterocycles. The van der Waals surface area contributed by atoms with Gasteiger partial charge in [0.25, 0.3) is 0 Å². The van der Waals surface area contributed by atoms with Crippen molar-refractivity contribution in [3.05, 3.63) is 0 Å². The lowest BCUT2D eigenvalue weighted by molar-refractivity contribution is 0.447. The van der Waals surface area contributed by atoms with Crippen LogP contribution in [0.2, 0.25) is 0 Å². The number of nitrogens with two attached hydrogens (primary N) is 1. The molecule has 0 rings (SSSR count). The van der Waals surface area contributed by atoms with Crippen molar-refractivity contribution in [3.63, 3.8) is 0 Å². The molecule has 0 aliphatic heterocycles. The van der Waals surface area contributed by atoms with E-state index in [4.69, 9.17) is 10.6 Å². The molecule has 8 heavy (non-hydrogen) atoms. The minimum Gasteiger partial charge on any atom is -0.343 e. The molecule has 1 atom stereocenters. The quantitative estimate of drug-likeness (QED) is 0.519. The first-order chi connectivity index (χ1) is 3.25. The maximum absolute atomic E-state index is 10.7. The van der Waals surface area contributed by atoms with E-state index in [9.17, 15) is 4.57 Å². The Balaban J connectivity index is 4.26. The van der Waals surface area contributed by atoms with Gasteiger partial charge in [-0.15, -0.1) is 0 Å². The third-order valence-electron chi connectivity index (χ3n) is 1.07. The molecule has 0 saturated carbocycles. The summed E-state index contributed by atoms with van der Waals surface area (Å²) in [6.45, 7) is 4.33. The molecule has 50 valence electrons. The zero-order chi connectivity index (χ0) is 7.00. The number of rotatable bonds is 1. The lowest BCUT2D eigenvalue weighted by Gasteiger charge is -2.21. The van der Waals surface area contributed by atoms with E-state index in [2.05, 4.69) is 0 Å². The highest BCUT2D eigenvalue weighted by Crippen LogP contribution is 2.46. The molecule has 0 radical (unpaired) electrons. The molecule has 4 heteroatoms. The largest absolute Gasteiger partial charge is 0.343 e. The van der Waals surface area contributed by atoms with Gasteiger partial charge in [0.2, 0.25) is 7.37 Å². The van der Waals surface area contributed by atoms with E-state index in [0.717, 1.165) is 0 Å². The molecule has 0 fully saturated rings. The Morgan fingerprint density at radius 1 is 1.62 bits per heavy atom. The summed E-state index contributed by atoms with van der Waals surface area (Å²) in [5.41, 5.74) is 5.30. The molecule has 0 amide bonds. The third kappa shape index (κ3) is 1.95. The average Bonchev–Trinajstić information content (AvgIpc) is 1.25. The van der Waals surface area contributed by atoms with Gasteiger partial charge in [-0.05, 0) is 13.8 Å². The minimum absolute atomic E-state index is 0.951. The lowest BCUT2D eigenvalue weighted by atomic mass is 10.4. The third-order valence-corrected chi connectivity index (χ3v) is 3.21. The van der Waals surface area contributed by atoms with E-state index in [1.54, 1.807) is 0 Å². The van der Waals surface area contributed by atoms with E-state index in [1.807, 2.05) is 0 Å². The molecule has 1 unspecified atom stereocenters. The van der Waals surface area contributed by atoms with Crippen molar-refractivity contribution in [3.8, 4) is 0 Å². The molecular formula is C4H12NO2P. The summed E-state index contributed by atoms with van der Waals surface area (Å²) in [6, 6.07) is 0. The van der Waals surface area contributed by atoms with Crippen LogP contribution >= 0.6 is 7.37 Å². The molecule has 0 aromatic heterocycles. The smallest absolute Gasteiger partial charge is 0.216 e. The molecule has 0 spiro atoms. The summed E-state index contributed by atoms with van der Waals surface area (Å²) in [7, 11) is -3.07. The Morgan fingerprint density at radius 2 is 1.75 bits per heavy atom. The van der Waals surface area contributed by atoms with Crippen molar-refractivity contribution in [2.24, 2.45) is 5.73 Å². The van der Waals surface area contributed by atoms with Gasteiger partial charge >= 0.3 is 0 Å². The molecular weight excluding hydrogens is 125 g/mol. The van der Waals surface area contributed by atoms with Crippen molar-refractivity contribution in [1.82, 2.24) is 0 Å². The van der Waals surface area contributed by atoms with Gasteiger partial charge in [-0.1, -0.05) is 0 Å². The zero-order valence-corrected chi connectivity index (χ0v) is 6.27. The van der Waals surface area contributed by atoms with Crippen molar-refractivity contribution in [2.75, 3.05) is 6.66 Å². The highest BCUT2D eigenvalue weighted by atomic mass is 31.2. The Kier molecular flexibility index (Phi) is 1.87. The molecule has 0 saturated heterocycles. The fourth-order valence-electron chi connectivity index (χ4n) is 0. The summed E-state index contributed by atoms with van der Waals surface area (Å²) < 4.78 is 10.7. The molecule has 0 bridgehead atoms. The van der Waals surface area contributed by atoms with E-state index < -0.39 is 12.6 Å². The predicted octanol–water partition coefficient (Wildman–Crippen LogP) is 0.581. The van der Waals surface area contributed by atoms with Crippen LogP contribution in [-0.2, 0) is 4.57 Å². The van der Waals surface area contributed by atoms with Gasteiger partial charge < -0.3 is 10.6 Å². The first-order valence-electron chi connectivity index (χ1n) is 2.34. The number of hydrogen-bond donors (Lipinski definition) is 2. The average molecular weight is 137 g/mol. The topological polar surface area (TPSA) is 63.3 Å². The van der Waals surface area contributed by atoms with Gasteiger partial charge in [0.05, 0.1) is 5.28 Å². The van der Waals surface area contributed by atoms with Crippen LogP contribution in [0.15, 0.2) is 0 Å². The van der Waals surface area contributed by atoms with Crippen molar-refractivity contribution in [1.29, 1.82) is 0 Å². The lowest BCUT2D eigenvalue weighted by Crippen LogP contribution is -2.31. The van der Waals surface area contributed by atoms with E-state index in [1.165, 1.54) is 20.5 Å². The molecule has 0 aromatic carbocycles. The Hall–Kier alpha value is 0.150. The summed E-state index contributed by atoms with van der Waals surface area (Å²) in [5, 5.41) is -0.951. The van der Waals surface area contributed by atoms with Crippen LogP contribution in [0.4, 0.5) is 0 Å². The second-order valence-electron chi connectivity index (χ2n) is 2.53. The number of hydrogen-bond acceptors (Lipinski definition) is 2. The highest BCUT2D eigenvalue weighted by molar-refractivity contribution is 7.58. The molecule has 0 aromatic rings. The van der Waals surface area contributed by atoms with Gasteiger partial charge in [0.1, 0.15) is 0 Å². The van der Waals surface area contributed by atoms with Crippen LogP contribution in [0.5, 0.6) is 0 Å².